The standard InChI is InChI=1S/C17H21N3O2/c18-4-3-12-9-13-10-15-16(22-8-7-21-15)11-14(13)19-17(12)20-5-1-2-6-20/h9-11H,1-8,18H2. The Balaban J connectivity index is 1.84. The molecule has 0 bridgehead atoms. The summed E-state index contributed by atoms with van der Waals surface area (Å²) in [4.78, 5) is 7.29. The van der Waals surface area contributed by atoms with Gasteiger partial charge in [0.15, 0.2) is 11.5 Å². The molecule has 0 saturated carbocycles. The van der Waals surface area contributed by atoms with Gasteiger partial charge < -0.3 is 20.1 Å². The SMILES string of the molecule is NCCc1cc2cc3c(cc2nc1N1CCCC1)OCCO3. The Bertz CT molecular complexity index is 696. The van der Waals surface area contributed by atoms with Crippen molar-refractivity contribution < 1.29 is 9.47 Å². The summed E-state index contributed by atoms with van der Waals surface area (Å²) in [5.41, 5.74) is 7.99. The number of benzene rings is 1. The van der Waals surface area contributed by atoms with Crippen LogP contribution in [0.2, 0.25) is 0 Å². The van der Waals surface area contributed by atoms with E-state index in [2.05, 4.69) is 11.0 Å². The maximum absolute atomic E-state index is 5.79. The van der Waals surface area contributed by atoms with E-state index in [0.717, 1.165) is 47.7 Å². The summed E-state index contributed by atoms with van der Waals surface area (Å²) >= 11 is 0. The lowest BCUT2D eigenvalue weighted by Gasteiger charge is -2.22. The normalized spacial score (nSPS) is 17.2. The highest BCUT2D eigenvalue weighted by Crippen LogP contribution is 2.36. The van der Waals surface area contributed by atoms with Crippen molar-refractivity contribution >= 4 is 16.7 Å². The zero-order valence-electron chi connectivity index (χ0n) is 12.7. The summed E-state index contributed by atoms with van der Waals surface area (Å²) in [6, 6.07) is 6.24. The summed E-state index contributed by atoms with van der Waals surface area (Å²) in [6.45, 7) is 4.01. The van der Waals surface area contributed by atoms with Crippen molar-refractivity contribution in [3.8, 4) is 11.5 Å². The molecule has 0 atom stereocenters. The number of hydrogen-bond acceptors (Lipinski definition) is 5. The minimum Gasteiger partial charge on any atom is -0.486 e. The summed E-state index contributed by atoms with van der Waals surface area (Å²) in [6.07, 6.45) is 3.33. The van der Waals surface area contributed by atoms with E-state index in [0.29, 0.717) is 19.8 Å². The highest BCUT2D eigenvalue weighted by Gasteiger charge is 2.19. The van der Waals surface area contributed by atoms with E-state index in [4.69, 9.17) is 20.2 Å². The third-order valence-electron chi connectivity index (χ3n) is 4.35. The van der Waals surface area contributed by atoms with E-state index in [1.54, 1.807) is 0 Å². The molecule has 1 aromatic heterocycles. The summed E-state index contributed by atoms with van der Waals surface area (Å²) in [5.74, 6) is 2.70. The van der Waals surface area contributed by atoms with Crippen LogP contribution in [-0.4, -0.2) is 37.8 Å². The zero-order valence-corrected chi connectivity index (χ0v) is 12.7. The molecule has 2 aliphatic heterocycles. The highest BCUT2D eigenvalue weighted by atomic mass is 16.6. The molecule has 5 heteroatoms. The molecular formula is C17H21N3O2. The zero-order chi connectivity index (χ0) is 14.9. The van der Waals surface area contributed by atoms with Crippen LogP contribution < -0.4 is 20.1 Å². The molecule has 0 spiro atoms. The van der Waals surface area contributed by atoms with Crippen LogP contribution in [0.3, 0.4) is 0 Å². The molecule has 0 radical (unpaired) electrons. The molecule has 2 aromatic rings. The van der Waals surface area contributed by atoms with Crippen LogP contribution in [0.1, 0.15) is 18.4 Å². The molecule has 2 aliphatic rings. The Hall–Kier alpha value is -2.01. The van der Waals surface area contributed by atoms with Crippen LogP contribution in [0.5, 0.6) is 11.5 Å². The van der Waals surface area contributed by atoms with Gasteiger partial charge in [-0.05, 0) is 43.5 Å². The number of rotatable bonds is 3. The number of nitrogens with two attached hydrogens (primary N) is 1. The Morgan fingerprint density at radius 2 is 1.77 bits per heavy atom. The highest BCUT2D eigenvalue weighted by molar-refractivity contribution is 5.85. The van der Waals surface area contributed by atoms with E-state index in [9.17, 15) is 0 Å². The minimum absolute atomic E-state index is 0.600. The van der Waals surface area contributed by atoms with Crippen LogP contribution >= 0.6 is 0 Å². The van der Waals surface area contributed by atoms with Crippen molar-refractivity contribution in [3.63, 3.8) is 0 Å². The number of hydrogen-bond donors (Lipinski definition) is 1. The number of anilines is 1. The van der Waals surface area contributed by atoms with Gasteiger partial charge >= 0.3 is 0 Å². The van der Waals surface area contributed by atoms with Gasteiger partial charge in [-0.25, -0.2) is 4.98 Å². The smallest absolute Gasteiger partial charge is 0.163 e. The lowest BCUT2D eigenvalue weighted by molar-refractivity contribution is 0.172. The number of aromatic nitrogens is 1. The first-order valence-electron chi connectivity index (χ1n) is 8.03. The van der Waals surface area contributed by atoms with Crippen LogP contribution in [-0.2, 0) is 6.42 Å². The molecular weight excluding hydrogens is 278 g/mol. The first-order valence-corrected chi connectivity index (χ1v) is 8.03. The van der Waals surface area contributed by atoms with Gasteiger partial charge in [-0.3, -0.25) is 0 Å². The fourth-order valence-corrected chi connectivity index (χ4v) is 3.29. The first-order chi connectivity index (χ1) is 10.8. The fourth-order valence-electron chi connectivity index (χ4n) is 3.29. The predicted octanol–water partition coefficient (Wildman–Crippen LogP) is 2.11. The average molecular weight is 299 g/mol. The van der Waals surface area contributed by atoms with Gasteiger partial charge in [-0.1, -0.05) is 0 Å². The van der Waals surface area contributed by atoms with Crippen molar-refractivity contribution in [1.29, 1.82) is 0 Å². The number of fused-ring (bicyclic) bond motifs is 2. The maximum Gasteiger partial charge on any atom is 0.163 e. The first kappa shape index (κ1) is 13.6. The molecule has 116 valence electrons. The van der Waals surface area contributed by atoms with Gasteiger partial charge in [-0.15, -0.1) is 0 Å². The summed E-state index contributed by atoms with van der Waals surface area (Å²) < 4.78 is 11.3. The largest absolute Gasteiger partial charge is 0.486 e. The van der Waals surface area contributed by atoms with Gasteiger partial charge in [0.05, 0.1) is 5.52 Å². The average Bonchev–Trinajstić information content (AvgIpc) is 3.07. The van der Waals surface area contributed by atoms with Gasteiger partial charge in [-0.2, -0.15) is 0 Å². The van der Waals surface area contributed by atoms with Crippen molar-refractivity contribution in [2.45, 2.75) is 19.3 Å². The van der Waals surface area contributed by atoms with Crippen molar-refractivity contribution in [1.82, 2.24) is 4.98 Å². The molecule has 4 rings (SSSR count). The Kier molecular flexibility index (Phi) is 3.50. The molecule has 5 nitrogen and oxygen atoms in total. The van der Waals surface area contributed by atoms with Crippen molar-refractivity contribution in [2.24, 2.45) is 5.73 Å². The fraction of sp³-hybridized carbons (Fsp3) is 0.471. The van der Waals surface area contributed by atoms with Crippen LogP contribution in [0.15, 0.2) is 18.2 Å². The number of nitrogens with zero attached hydrogens (tertiary/aromatic N) is 2. The summed E-state index contributed by atoms with van der Waals surface area (Å²) in [5, 5.41) is 1.09. The van der Waals surface area contributed by atoms with Gasteiger partial charge in [0.1, 0.15) is 19.0 Å². The number of ether oxygens (including phenoxy) is 2. The second kappa shape index (κ2) is 5.65. The molecule has 1 aromatic carbocycles. The van der Waals surface area contributed by atoms with Crippen molar-refractivity contribution in [2.75, 3.05) is 37.7 Å². The molecule has 3 heterocycles. The topological polar surface area (TPSA) is 60.6 Å². The lowest BCUT2D eigenvalue weighted by atomic mass is 10.1. The molecule has 1 saturated heterocycles. The maximum atomic E-state index is 5.79. The predicted molar refractivity (Wildman–Crippen MR) is 86.9 cm³/mol. The van der Waals surface area contributed by atoms with E-state index >= 15 is 0 Å². The third-order valence-corrected chi connectivity index (χ3v) is 4.35. The van der Waals surface area contributed by atoms with Crippen molar-refractivity contribution in [3.05, 3.63) is 23.8 Å². The van der Waals surface area contributed by atoms with Crippen LogP contribution in [0.25, 0.3) is 10.9 Å². The number of pyridine rings is 1. The third kappa shape index (κ3) is 2.35. The quantitative estimate of drug-likeness (QED) is 0.940. The van der Waals surface area contributed by atoms with Crippen LogP contribution in [0.4, 0.5) is 5.82 Å². The Morgan fingerprint density at radius 3 is 2.50 bits per heavy atom. The van der Waals surface area contributed by atoms with E-state index in [-0.39, 0.29) is 0 Å². The van der Waals surface area contributed by atoms with E-state index < -0.39 is 0 Å². The van der Waals surface area contributed by atoms with E-state index in [1.165, 1.54) is 18.4 Å². The summed E-state index contributed by atoms with van der Waals surface area (Å²) in [7, 11) is 0. The molecule has 0 unspecified atom stereocenters. The van der Waals surface area contributed by atoms with Gasteiger partial charge in [0, 0.05) is 24.5 Å². The second-order valence-electron chi connectivity index (χ2n) is 5.89. The Morgan fingerprint density at radius 1 is 1.05 bits per heavy atom. The molecule has 2 N–H and O–H groups in total. The van der Waals surface area contributed by atoms with Gasteiger partial charge in [0.2, 0.25) is 0 Å². The van der Waals surface area contributed by atoms with Crippen LogP contribution in [0, 0.1) is 0 Å². The van der Waals surface area contributed by atoms with Gasteiger partial charge in [0.25, 0.3) is 0 Å². The monoisotopic (exact) mass is 299 g/mol. The Labute approximate surface area is 130 Å². The minimum atomic E-state index is 0.600. The molecule has 0 amide bonds. The molecule has 0 aliphatic carbocycles. The lowest BCUT2D eigenvalue weighted by Crippen LogP contribution is -2.22. The molecule has 22 heavy (non-hydrogen) atoms. The van der Waals surface area contributed by atoms with E-state index in [1.807, 2.05) is 12.1 Å². The molecule has 1 fully saturated rings. The second-order valence-corrected chi connectivity index (χ2v) is 5.89.